The summed E-state index contributed by atoms with van der Waals surface area (Å²) in [6.45, 7) is 2.08. The van der Waals surface area contributed by atoms with E-state index >= 15 is 0 Å². The van der Waals surface area contributed by atoms with Crippen molar-refractivity contribution in [1.29, 1.82) is 0 Å². The number of hydrogen-bond acceptors (Lipinski definition) is 2. The van der Waals surface area contributed by atoms with E-state index in [0.717, 1.165) is 29.0 Å². The summed E-state index contributed by atoms with van der Waals surface area (Å²) in [6.07, 6.45) is -0.934. The number of benzene rings is 2. The summed E-state index contributed by atoms with van der Waals surface area (Å²) < 4.78 is 28.0. The standard InChI is InChI=1S/C16H14F2N2O/c1-10-19-14-4-2-3-5-15(14)20(10)9-16(21)11-6-7-12(17)13(18)8-11/h2-8,16,21H,9H2,1H3. The second-order valence-electron chi connectivity index (χ2n) is 4.95. The van der Waals surface area contributed by atoms with Crippen LogP contribution in [0.15, 0.2) is 42.5 Å². The van der Waals surface area contributed by atoms with Crippen LogP contribution in [0.4, 0.5) is 8.78 Å². The van der Waals surface area contributed by atoms with Gasteiger partial charge in [0.05, 0.1) is 23.7 Å². The molecule has 1 heterocycles. The molecule has 0 aliphatic carbocycles. The Hall–Kier alpha value is -2.27. The van der Waals surface area contributed by atoms with Crippen LogP contribution >= 0.6 is 0 Å². The zero-order valence-corrected chi connectivity index (χ0v) is 11.4. The van der Waals surface area contributed by atoms with Gasteiger partial charge in [0.15, 0.2) is 11.6 Å². The van der Waals surface area contributed by atoms with Crippen LogP contribution in [0.3, 0.4) is 0 Å². The minimum atomic E-state index is -0.959. The first kappa shape index (κ1) is 13.7. The molecule has 5 heteroatoms. The molecule has 0 radical (unpaired) electrons. The fourth-order valence-corrected chi connectivity index (χ4v) is 2.42. The first-order valence-corrected chi connectivity index (χ1v) is 6.61. The van der Waals surface area contributed by atoms with Gasteiger partial charge in [-0.3, -0.25) is 0 Å². The fraction of sp³-hybridized carbons (Fsp3) is 0.188. The number of nitrogens with zero attached hydrogens (tertiary/aromatic N) is 2. The Morgan fingerprint density at radius 3 is 2.67 bits per heavy atom. The van der Waals surface area contributed by atoms with Gasteiger partial charge in [-0.05, 0) is 36.8 Å². The minimum absolute atomic E-state index is 0.234. The van der Waals surface area contributed by atoms with Crippen molar-refractivity contribution in [1.82, 2.24) is 9.55 Å². The van der Waals surface area contributed by atoms with Crippen LogP contribution in [0.25, 0.3) is 11.0 Å². The third-order valence-electron chi connectivity index (χ3n) is 3.53. The molecule has 3 nitrogen and oxygen atoms in total. The van der Waals surface area contributed by atoms with Gasteiger partial charge >= 0.3 is 0 Å². The highest BCUT2D eigenvalue weighted by Crippen LogP contribution is 2.22. The first-order chi connectivity index (χ1) is 10.1. The maximum atomic E-state index is 13.2. The molecule has 0 aliphatic rings. The van der Waals surface area contributed by atoms with Crippen LogP contribution < -0.4 is 0 Å². The van der Waals surface area contributed by atoms with Crippen LogP contribution in [0.2, 0.25) is 0 Å². The predicted molar refractivity (Wildman–Crippen MR) is 75.8 cm³/mol. The zero-order valence-electron chi connectivity index (χ0n) is 11.4. The molecule has 1 atom stereocenters. The first-order valence-electron chi connectivity index (χ1n) is 6.61. The molecular formula is C16H14F2N2O. The van der Waals surface area contributed by atoms with Crippen LogP contribution in [-0.4, -0.2) is 14.7 Å². The number of imidazole rings is 1. The lowest BCUT2D eigenvalue weighted by Gasteiger charge is -2.14. The quantitative estimate of drug-likeness (QED) is 0.802. The Labute approximate surface area is 120 Å². The number of aromatic nitrogens is 2. The average molecular weight is 288 g/mol. The third-order valence-corrected chi connectivity index (χ3v) is 3.53. The summed E-state index contributed by atoms with van der Waals surface area (Å²) in [7, 11) is 0. The van der Waals surface area contributed by atoms with Crippen molar-refractivity contribution in [2.75, 3.05) is 0 Å². The molecule has 3 rings (SSSR count). The molecule has 0 amide bonds. The van der Waals surface area contributed by atoms with Crippen molar-refractivity contribution < 1.29 is 13.9 Å². The van der Waals surface area contributed by atoms with Crippen LogP contribution in [0.1, 0.15) is 17.5 Å². The average Bonchev–Trinajstić information content (AvgIpc) is 2.78. The number of aliphatic hydroxyl groups excluding tert-OH is 1. The maximum absolute atomic E-state index is 13.2. The van der Waals surface area contributed by atoms with Gasteiger partial charge in [0.1, 0.15) is 5.82 Å². The summed E-state index contributed by atoms with van der Waals surface area (Å²) in [5.41, 5.74) is 2.08. The van der Waals surface area contributed by atoms with Gasteiger partial charge in [-0.2, -0.15) is 0 Å². The number of para-hydroxylation sites is 2. The van der Waals surface area contributed by atoms with E-state index in [4.69, 9.17) is 0 Å². The second kappa shape index (κ2) is 5.26. The molecule has 2 aromatic carbocycles. The maximum Gasteiger partial charge on any atom is 0.159 e. The lowest BCUT2D eigenvalue weighted by atomic mass is 10.1. The van der Waals surface area contributed by atoms with Gasteiger partial charge in [0.25, 0.3) is 0 Å². The lowest BCUT2D eigenvalue weighted by molar-refractivity contribution is 0.156. The Morgan fingerprint density at radius 2 is 1.90 bits per heavy atom. The normalized spacial score (nSPS) is 12.8. The van der Waals surface area contributed by atoms with Gasteiger partial charge < -0.3 is 9.67 Å². The number of hydrogen-bond donors (Lipinski definition) is 1. The Balaban J connectivity index is 1.94. The topological polar surface area (TPSA) is 38.0 Å². The third kappa shape index (κ3) is 2.52. The van der Waals surface area contributed by atoms with Crippen molar-refractivity contribution >= 4 is 11.0 Å². The number of aryl methyl sites for hydroxylation is 1. The Morgan fingerprint density at radius 1 is 1.14 bits per heavy atom. The summed E-state index contributed by atoms with van der Waals surface area (Å²) in [5, 5.41) is 10.3. The van der Waals surface area contributed by atoms with Crippen molar-refractivity contribution in [2.45, 2.75) is 19.6 Å². The molecule has 0 aliphatic heterocycles. The summed E-state index contributed by atoms with van der Waals surface area (Å²) >= 11 is 0. The van der Waals surface area contributed by atoms with Crippen molar-refractivity contribution in [2.24, 2.45) is 0 Å². The monoisotopic (exact) mass is 288 g/mol. The molecule has 0 bridgehead atoms. The number of fused-ring (bicyclic) bond motifs is 1. The fourth-order valence-electron chi connectivity index (χ4n) is 2.42. The lowest BCUT2D eigenvalue weighted by Crippen LogP contribution is -2.10. The van der Waals surface area contributed by atoms with Crippen molar-refractivity contribution in [3.8, 4) is 0 Å². The number of rotatable bonds is 3. The second-order valence-corrected chi connectivity index (χ2v) is 4.95. The van der Waals surface area contributed by atoms with E-state index in [1.807, 2.05) is 35.8 Å². The van der Waals surface area contributed by atoms with Gasteiger partial charge in [0.2, 0.25) is 0 Å². The van der Waals surface area contributed by atoms with Crippen LogP contribution in [-0.2, 0) is 6.54 Å². The number of aliphatic hydroxyl groups is 1. The van der Waals surface area contributed by atoms with Gasteiger partial charge in [0, 0.05) is 0 Å². The molecule has 21 heavy (non-hydrogen) atoms. The van der Waals surface area contributed by atoms with Gasteiger partial charge in [-0.1, -0.05) is 18.2 Å². The van der Waals surface area contributed by atoms with Crippen LogP contribution in [0, 0.1) is 18.6 Å². The van der Waals surface area contributed by atoms with Crippen LogP contribution in [0.5, 0.6) is 0 Å². The smallest absolute Gasteiger partial charge is 0.159 e. The van der Waals surface area contributed by atoms with E-state index in [1.54, 1.807) is 0 Å². The highest BCUT2D eigenvalue weighted by Gasteiger charge is 2.15. The van der Waals surface area contributed by atoms with Crippen molar-refractivity contribution in [3.05, 3.63) is 65.5 Å². The molecule has 3 aromatic rings. The molecule has 0 saturated carbocycles. The SMILES string of the molecule is Cc1nc2ccccc2n1CC(O)c1ccc(F)c(F)c1. The van der Waals surface area contributed by atoms with E-state index in [0.29, 0.717) is 5.56 Å². The van der Waals surface area contributed by atoms with Gasteiger partial charge in [-0.25, -0.2) is 13.8 Å². The summed E-state index contributed by atoms with van der Waals surface area (Å²) in [4.78, 5) is 4.41. The zero-order chi connectivity index (χ0) is 15.0. The predicted octanol–water partition coefficient (Wildman–Crippen LogP) is 3.36. The highest BCUT2D eigenvalue weighted by molar-refractivity contribution is 5.75. The number of halogens is 2. The molecule has 0 spiro atoms. The Kier molecular flexibility index (Phi) is 3.43. The molecule has 1 unspecified atom stereocenters. The molecule has 1 aromatic heterocycles. The van der Waals surface area contributed by atoms with E-state index in [2.05, 4.69) is 4.98 Å². The van der Waals surface area contributed by atoms with E-state index in [9.17, 15) is 13.9 Å². The highest BCUT2D eigenvalue weighted by atomic mass is 19.2. The molecule has 108 valence electrons. The van der Waals surface area contributed by atoms with E-state index in [1.165, 1.54) is 6.07 Å². The largest absolute Gasteiger partial charge is 0.387 e. The Bertz CT molecular complexity index is 798. The molecule has 0 saturated heterocycles. The molecule has 1 N–H and O–H groups in total. The summed E-state index contributed by atoms with van der Waals surface area (Å²) in [5.74, 6) is -1.12. The van der Waals surface area contributed by atoms with Gasteiger partial charge in [-0.15, -0.1) is 0 Å². The van der Waals surface area contributed by atoms with Crippen molar-refractivity contribution in [3.63, 3.8) is 0 Å². The molecule has 0 fully saturated rings. The van der Waals surface area contributed by atoms with E-state index in [-0.39, 0.29) is 6.54 Å². The molecular weight excluding hydrogens is 274 g/mol. The van der Waals surface area contributed by atoms with E-state index < -0.39 is 17.7 Å². The summed E-state index contributed by atoms with van der Waals surface area (Å²) in [6, 6.07) is 11.0. The minimum Gasteiger partial charge on any atom is -0.387 e.